The van der Waals surface area contributed by atoms with E-state index in [0.29, 0.717) is 17.1 Å². The van der Waals surface area contributed by atoms with Crippen LogP contribution in [0.1, 0.15) is 27.3 Å². The normalized spacial score (nSPS) is 10.6. The molecule has 128 valence electrons. The molecular formula is C19H20N4O2. The fraction of sp³-hybridized carbons (Fsp3) is 0.211. The molecule has 1 aromatic heterocycles. The van der Waals surface area contributed by atoms with E-state index in [2.05, 4.69) is 21.7 Å². The minimum Gasteiger partial charge on any atom is -0.497 e. The van der Waals surface area contributed by atoms with Gasteiger partial charge in [-0.1, -0.05) is 11.3 Å². The average Bonchev–Trinajstić information content (AvgIpc) is 2.96. The summed E-state index contributed by atoms with van der Waals surface area (Å²) in [5.41, 5.74) is 4.83. The molecule has 6 nitrogen and oxygen atoms in total. The van der Waals surface area contributed by atoms with Gasteiger partial charge >= 0.3 is 0 Å². The summed E-state index contributed by atoms with van der Waals surface area (Å²) >= 11 is 0. The summed E-state index contributed by atoms with van der Waals surface area (Å²) in [6.45, 7) is 5.89. The number of hydrogen-bond acceptors (Lipinski definition) is 4. The van der Waals surface area contributed by atoms with Gasteiger partial charge in [-0.25, -0.2) is 4.68 Å². The molecule has 0 aliphatic heterocycles. The molecule has 0 fully saturated rings. The summed E-state index contributed by atoms with van der Waals surface area (Å²) in [7, 11) is 1.60. The van der Waals surface area contributed by atoms with Crippen molar-refractivity contribution in [1.82, 2.24) is 15.0 Å². The second-order valence-electron chi connectivity index (χ2n) is 5.96. The summed E-state index contributed by atoms with van der Waals surface area (Å²) in [4.78, 5) is 12.5. The van der Waals surface area contributed by atoms with E-state index >= 15 is 0 Å². The molecule has 2 aromatic carbocycles. The first-order valence-corrected chi connectivity index (χ1v) is 7.94. The number of carbonyl (C=O) groups is 1. The summed E-state index contributed by atoms with van der Waals surface area (Å²) in [6.07, 6.45) is 0. The Kier molecular flexibility index (Phi) is 4.52. The Bertz CT molecular complexity index is 893. The van der Waals surface area contributed by atoms with Crippen molar-refractivity contribution in [1.29, 1.82) is 0 Å². The Morgan fingerprint density at radius 2 is 1.68 bits per heavy atom. The number of aryl methyl sites for hydroxylation is 2. The highest BCUT2D eigenvalue weighted by molar-refractivity contribution is 6.03. The van der Waals surface area contributed by atoms with Gasteiger partial charge < -0.3 is 10.1 Å². The number of rotatable bonds is 4. The first-order chi connectivity index (χ1) is 12.0. The zero-order valence-electron chi connectivity index (χ0n) is 14.7. The van der Waals surface area contributed by atoms with Crippen LogP contribution < -0.4 is 10.1 Å². The standard InChI is InChI=1S/C19H20N4O2/c1-12-9-13(2)11-16(10-12)23-14(3)18(21-22-23)19(24)20-15-5-7-17(25-4)8-6-15/h5-11H,1-4H3,(H,20,24). The third kappa shape index (κ3) is 3.52. The lowest BCUT2D eigenvalue weighted by molar-refractivity contribution is 0.102. The topological polar surface area (TPSA) is 69.0 Å². The van der Waals surface area contributed by atoms with Crippen molar-refractivity contribution in [3.05, 3.63) is 65.0 Å². The monoisotopic (exact) mass is 336 g/mol. The minimum atomic E-state index is -0.293. The number of nitrogens with zero attached hydrogens (tertiary/aromatic N) is 3. The molecule has 0 saturated heterocycles. The van der Waals surface area contributed by atoms with Crippen LogP contribution in [0.15, 0.2) is 42.5 Å². The fourth-order valence-electron chi connectivity index (χ4n) is 2.72. The number of amides is 1. The second kappa shape index (κ2) is 6.76. The number of nitrogens with one attached hydrogen (secondary N) is 1. The molecule has 1 heterocycles. The van der Waals surface area contributed by atoms with Gasteiger partial charge in [0, 0.05) is 5.69 Å². The summed E-state index contributed by atoms with van der Waals surface area (Å²) < 4.78 is 6.79. The van der Waals surface area contributed by atoms with Crippen LogP contribution in [0.2, 0.25) is 0 Å². The van der Waals surface area contributed by atoms with Crippen molar-refractivity contribution in [2.45, 2.75) is 20.8 Å². The molecule has 0 atom stereocenters. The maximum Gasteiger partial charge on any atom is 0.278 e. The average molecular weight is 336 g/mol. The zero-order chi connectivity index (χ0) is 18.0. The first-order valence-electron chi connectivity index (χ1n) is 7.94. The molecule has 25 heavy (non-hydrogen) atoms. The lowest BCUT2D eigenvalue weighted by atomic mass is 10.1. The molecule has 0 aliphatic rings. The van der Waals surface area contributed by atoms with Crippen LogP contribution in [0.3, 0.4) is 0 Å². The van der Waals surface area contributed by atoms with Gasteiger partial charge in [-0.05, 0) is 68.3 Å². The van der Waals surface area contributed by atoms with E-state index < -0.39 is 0 Å². The van der Waals surface area contributed by atoms with E-state index in [-0.39, 0.29) is 5.91 Å². The quantitative estimate of drug-likeness (QED) is 0.792. The number of hydrogen-bond donors (Lipinski definition) is 1. The smallest absolute Gasteiger partial charge is 0.278 e. The fourth-order valence-corrected chi connectivity index (χ4v) is 2.72. The van der Waals surface area contributed by atoms with E-state index in [1.54, 1.807) is 36.1 Å². The second-order valence-corrected chi connectivity index (χ2v) is 5.96. The predicted octanol–water partition coefficient (Wildman–Crippen LogP) is 3.45. The molecule has 1 N–H and O–H groups in total. The number of carbonyl (C=O) groups excluding carboxylic acids is 1. The molecular weight excluding hydrogens is 316 g/mol. The van der Waals surface area contributed by atoms with E-state index in [1.807, 2.05) is 32.9 Å². The van der Waals surface area contributed by atoms with Crippen molar-refractivity contribution in [3.63, 3.8) is 0 Å². The summed E-state index contributed by atoms with van der Waals surface area (Å²) in [5.74, 6) is 0.438. The van der Waals surface area contributed by atoms with Gasteiger partial charge in [0.05, 0.1) is 18.5 Å². The van der Waals surface area contributed by atoms with Gasteiger partial charge in [-0.2, -0.15) is 0 Å². The number of benzene rings is 2. The highest BCUT2D eigenvalue weighted by Gasteiger charge is 2.17. The maximum atomic E-state index is 12.5. The molecule has 0 unspecified atom stereocenters. The van der Waals surface area contributed by atoms with E-state index in [4.69, 9.17) is 4.74 Å². The molecule has 3 aromatic rings. The van der Waals surface area contributed by atoms with E-state index in [1.165, 1.54) is 0 Å². The lowest BCUT2D eigenvalue weighted by Crippen LogP contribution is -2.14. The van der Waals surface area contributed by atoms with Crippen LogP contribution in [0.25, 0.3) is 5.69 Å². The molecule has 0 saturated carbocycles. The Hall–Kier alpha value is -3.15. The SMILES string of the molecule is COc1ccc(NC(=O)c2nnn(-c3cc(C)cc(C)c3)c2C)cc1. The van der Waals surface area contributed by atoms with Gasteiger partial charge in [0.1, 0.15) is 5.75 Å². The Morgan fingerprint density at radius 1 is 1.04 bits per heavy atom. The molecule has 3 rings (SSSR count). The van der Waals surface area contributed by atoms with Crippen LogP contribution in [-0.2, 0) is 0 Å². The van der Waals surface area contributed by atoms with Gasteiger partial charge in [-0.3, -0.25) is 4.79 Å². The third-order valence-corrected chi connectivity index (χ3v) is 3.91. The van der Waals surface area contributed by atoms with Crippen LogP contribution >= 0.6 is 0 Å². The van der Waals surface area contributed by atoms with Gasteiger partial charge in [0.25, 0.3) is 5.91 Å². The van der Waals surface area contributed by atoms with Crippen LogP contribution in [0.4, 0.5) is 5.69 Å². The van der Waals surface area contributed by atoms with Crippen molar-refractivity contribution >= 4 is 11.6 Å². The van der Waals surface area contributed by atoms with Crippen LogP contribution in [0.5, 0.6) is 5.75 Å². The Balaban J connectivity index is 1.85. The molecule has 6 heteroatoms. The molecule has 1 amide bonds. The summed E-state index contributed by atoms with van der Waals surface area (Å²) in [6, 6.07) is 13.2. The van der Waals surface area contributed by atoms with Crippen molar-refractivity contribution in [3.8, 4) is 11.4 Å². The van der Waals surface area contributed by atoms with Crippen molar-refractivity contribution in [2.75, 3.05) is 12.4 Å². The number of ether oxygens (including phenoxy) is 1. The largest absolute Gasteiger partial charge is 0.497 e. The Morgan fingerprint density at radius 3 is 2.28 bits per heavy atom. The van der Waals surface area contributed by atoms with E-state index in [0.717, 1.165) is 22.6 Å². The van der Waals surface area contributed by atoms with Crippen molar-refractivity contribution in [2.24, 2.45) is 0 Å². The number of methoxy groups -OCH3 is 1. The molecule has 0 aliphatic carbocycles. The van der Waals surface area contributed by atoms with E-state index in [9.17, 15) is 4.79 Å². The zero-order valence-corrected chi connectivity index (χ0v) is 14.7. The Labute approximate surface area is 146 Å². The van der Waals surface area contributed by atoms with Gasteiger partial charge in [0.2, 0.25) is 0 Å². The van der Waals surface area contributed by atoms with Crippen molar-refractivity contribution < 1.29 is 9.53 Å². The molecule has 0 radical (unpaired) electrons. The highest BCUT2D eigenvalue weighted by atomic mass is 16.5. The minimum absolute atomic E-state index is 0.293. The van der Waals surface area contributed by atoms with Crippen LogP contribution in [-0.4, -0.2) is 28.0 Å². The first kappa shape index (κ1) is 16.7. The van der Waals surface area contributed by atoms with Crippen LogP contribution in [0, 0.1) is 20.8 Å². The molecule has 0 spiro atoms. The summed E-state index contributed by atoms with van der Waals surface area (Å²) in [5, 5.41) is 11.0. The van der Waals surface area contributed by atoms with Gasteiger partial charge in [-0.15, -0.1) is 5.10 Å². The lowest BCUT2D eigenvalue weighted by Gasteiger charge is -2.07. The van der Waals surface area contributed by atoms with Gasteiger partial charge in [0.15, 0.2) is 5.69 Å². The number of aromatic nitrogens is 3. The predicted molar refractivity (Wildman–Crippen MR) is 96.5 cm³/mol. The number of anilines is 1. The third-order valence-electron chi connectivity index (χ3n) is 3.91. The highest BCUT2D eigenvalue weighted by Crippen LogP contribution is 2.18. The molecule has 0 bridgehead atoms. The maximum absolute atomic E-state index is 12.5.